The predicted molar refractivity (Wildman–Crippen MR) is 186 cm³/mol. The van der Waals surface area contributed by atoms with Crippen LogP contribution in [0.4, 0.5) is 0 Å². The number of rotatable bonds is 4. The summed E-state index contributed by atoms with van der Waals surface area (Å²) in [5.41, 5.74) is 0. The third kappa shape index (κ3) is 6.35. The quantitative estimate of drug-likeness (QED) is 0.173. The van der Waals surface area contributed by atoms with Crippen LogP contribution in [0, 0.1) is 5.92 Å². The summed E-state index contributed by atoms with van der Waals surface area (Å²) in [6, 6.07) is 50.8. The predicted octanol–water partition coefficient (Wildman–Crippen LogP) is 7.73. The molecule has 0 aliphatic carbocycles. The largest absolute Gasteiger partial charge is 0.194 e. The molecule has 1 fully saturated rings. The van der Waals surface area contributed by atoms with E-state index in [4.69, 9.17) is 0 Å². The van der Waals surface area contributed by atoms with E-state index in [-0.39, 0.29) is 7.43 Å². The Labute approximate surface area is 255 Å². The average Bonchev–Trinajstić information content (AvgIpc) is 3.25. The van der Waals surface area contributed by atoms with Crippen molar-refractivity contribution in [3.05, 3.63) is 133 Å². The van der Waals surface area contributed by atoms with Crippen LogP contribution in [0.2, 0.25) is 24.2 Å². The number of hydrogen-bond donors (Lipinski definition) is 0. The zero-order valence-corrected chi connectivity index (χ0v) is 26.1. The maximum atomic E-state index is 4.52. The second-order valence-corrected chi connectivity index (χ2v) is 20.7. The first kappa shape index (κ1) is 30.1. The fraction of sp³-hybridized carbons (Fsp3) is 0.316. The molecule has 0 aromatic heterocycles. The lowest BCUT2D eigenvalue weighted by molar-refractivity contribution is 0.467. The second kappa shape index (κ2) is 14.2. The highest BCUT2D eigenvalue weighted by Gasteiger charge is 2.42. The molecule has 0 radical (unpaired) electrons. The van der Waals surface area contributed by atoms with Crippen LogP contribution in [0.5, 0.6) is 0 Å². The zero-order chi connectivity index (χ0) is 27.8. The topological polar surface area (TPSA) is 24.7 Å². The Morgan fingerprint density at radius 1 is 0.476 bits per heavy atom. The fourth-order valence-corrected chi connectivity index (χ4v) is 17.3. The van der Waals surface area contributed by atoms with Crippen molar-refractivity contribution in [2.24, 2.45) is 16.1 Å². The van der Waals surface area contributed by atoms with Gasteiger partial charge in [0.1, 0.15) is 16.1 Å². The van der Waals surface area contributed by atoms with E-state index in [9.17, 15) is 0 Å². The summed E-state index contributed by atoms with van der Waals surface area (Å²) >= 11 is 0. The summed E-state index contributed by atoms with van der Waals surface area (Å²) < 4.78 is 0. The Balaban J connectivity index is 0.000000166. The molecule has 2 atom stereocenters. The molecule has 4 aromatic rings. The van der Waals surface area contributed by atoms with Crippen molar-refractivity contribution >= 4 is 36.9 Å². The number of fused-ring (bicyclic) bond motifs is 1. The number of nitrogens with zero attached hydrogens (tertiary/aromatic N) is 2. The summed E-state index contributed by atoms with van der Waals surface area (Å²) in [5.74, 6) is 0.696. The SMILES string of the molecule is C.C1=CCC[Si](c2ccccc2)(c2ccccc2)CC1.c1ccc([Si]2(c3ccccc3)CC[C@H]3CN=N[C@@H]3CC2)cc1. The van der Waals surface area contributed by atoms with Gasteiger partial charge in [0.05, 0.1) is 12.6 Å². The van der Waals surface area contributed by atoms with Gasteiger partial charge in [-0.1, -0.05) is 162 Å². The molecule has 3 aliphatic heterocycles. The van der Waals surface area contributed by atoms with Crippen molar-refractivity contribution in [2.45, 2.75) is 63.3 Å². The maximum absolute atomic E-state index is 4.52. The number of azo groups is 1. The molecule has 3 aliphatic rings. The van der Waals surface area contributed by atoms with Gasteiger partial charge in [-0.25, -0.2) is 0 Å². The van der Waals surface area contributed by atoms with Gasteiger partial charge in [0.15, 0.2) is 0 Å². The molecule has 0 N–H and O–H groups in total. The van der Waals surface area contributed by atoms with E-state index in [1.807, 2.05) is 0 Å². The molecule has 4 aromatic carbocycles. The van der Waals surface area contributed by atoms with Crippen LogP contribution in [-0.2, 0) is 0 Å². The summed E-state index contributed by atoms with van der Waals surface area (Å²) in [7, 11) is -3.20. The lowest BCUT2D eigenvalue weighted by Crippen LogP contribution is -2.57. The minimum Gasteiger partial charge on any atom is -0.194 e. The van der Waals surface area contributed by atoms with Crippen LogP contribution in [0.15, 0.2) is 144 Å². The van der Waals surface area contributed by atoms with Crippen molar-refractivity contribution in [1.29, 1.82) is 0 Å². The van der Waals surface area contributed by atoms with Crippen molar-refractivity contribution in [3.8, 4) is 0 Å². The van der Waals surface area contributed by atoms with Crippen LogP contribution in [0.25, 0.3) is 0 Å². The van der Waals surface area contributed by atoms with E-state index < -0.39 is 16.1 Å². The highest BCUT2D eigenvalue weighted by atomic mass is 28.3. The maximum Gasteiger partial charge on any atom is 0.118 e. The molecular formula is C38H46N2Si2. The van der Waals surface area contributed by atoms with E-state index in [1.165, 1.54) is 49.9 Å². The Morgan fingerprint density at radius 2 is 0.857 bits per heavy atom. The monoisotopic (exact) mass is 586 g/mol. The third-order valence-corrected chi connectivity index (χ3v) is 20.2. The second-order valence-electron chi connectivity index (χ2n) is 12.0. The normalized spacial score (nSPS) is 21.9. The zero-order valence-electron chi connectivity index (χ0n) is 24.1. The van der Waals surface area contributed by atoms with E-state index in [1.54, 1.807) is 20.7 Å². The lowest BCUT2D eigenvalue weighted by atomic mass is 9.97. The first-order chi connectivity index (χ1) is 20.3. The number of allylic oxidation sites excluding steroid dienone is 2. The van der Waals surface area contributed by atoms with Gasteiger partial charge in [-0.15, -0.1) is 0 Å². The van der Waals surface area contributed by atoms with Gasteiger partial charge in [-0.2, -0.15) is 10.2 Å². The minimum absolute atomic E-state index is 0. The summed E-state index contributed by atoms with van der Waals surface area (Å²) in [6.45, 7) is 0.957. The van der Waals surface area contributed by atoms with E-state index in [2.05, 4.69) is 144 Å². The van der Waals surface area contributed by atoms with E-state index >= 15 is 0 Å². The molecule has 3 heterocycles. The molecule has 0 amide bonds. The van der Waals surface area contributed by atoms with Gasteiger partial charge >= 0.3 is 0 Å². The average molecular weight is 587 g/mol. The molecule has 4 heteroatoms. The van der Waals surface area contributed by atoms with Gasteiger partial charge < -0.3 is 0 Å². The number of benzene rings is 4. The molecule has 1 saturated heterocycles. The van der Waals surface area contributed by atoms with Crippen molar-refractivity contribution in [1.82, 2.24) is 0 Å². The molecule has 42 heavy (non-hydrogen) atoms. The smallest absolute Gasteiger partial charge is 0.118 e. The van der Waals surface area contributed by atoms with Crippen LogP contribution in [-0.4, -0.2) is 28.7 Å². The highest BCUT2D eigenvalue weighted by molar-refractivity contribution is 7.02. The molecule has 7 rings (SSSR count). The van der Waals surface area contributed by atoms with Crippen molar-refractivity contribution in [3.63, 3.8) is 0 Å². The standard InChI is InChI=1S/C19H22N2Si.C18H20Si.CH4/c1-3-7-17(8-4-1)22(18-9-5-2-6-10-18)13-11-16-15-20-21-19(16)12-14-22;1-2-10-16-19(15-9-1,17-11-5-3-6-12-17)18-13-7-4-8-14-18;/h1-10,16,19H,11-15H2;1-8,11-14H,9-10,15-16H2;1H4/t16-,19+;;/m0../s1. The Bertz CT molecular complexity index is 1330. The van der Waals surface area contributed by atoms with Gasteiger partial charge in [-0.05, 0) is 49.9 Å². The van der Waals surface area contributed by atoms with E-state index in [0.717, 1.165) is 6.54 Å². The minimum atomic E-state index is -1.65. The summed E-state index contributed by atoms with van der Waals surface area (Å²) in [5, 5.41) is 15.2. The van der Waals surface area contributed by atoms with E-state index in [0.29, 0.717) is 12.0 Å². The molecule has 0 saturated carbocycles. The summed E-state index contributed by atoms with van der Waals surface area (Å²) in [6.07, 6.45) is 9.71. The van der Waals surface area contributed by atoms with Crippen molar-refractivity contribution < 1.29 is 0 Å². The van der Waals surface area contributed by atoms with Gasteiger partial charge in [0.25, 0.3) is 0 Å². The lowest BCUT2D eigenvalue weighted by Gasteiger charge is -2.32. The molecule has 216 valence electrons. The van der Waals surface area contributed by atoms with Gasteiger partial charge in [-0.3, -0.25) is 0 Å². The highest BCUT2D eigenvalue weighted by Crippen LogP contribution is 2.35. The van der Waals surface area contributed by atoms with Crippen molar-refractivity contribution in [2.75, 3.05) is 6.54 Å². The first-order valence-corrected chi connectivity index (χ1v) is 20.4. The summed E-state index contributed by atoms with van der Waals surface area (Å²) in [4.78, 5) is 0. The Hall–Kier alpha value is -3.35. The van der Waals surface area contributed by atoms with Crippen LogP contribution in [0.3, 0.4) is 0 Å². The molecular weight excluding hydrogens is 541 g/mol. The Kier molecular flexibility index (Phi) is 10.2. The van der Waals surface area contributed by atoms with Crippen LogP contribution in [0.1, 0.15) is 33.1 Å². The fourth-order valence-electron chi connectivity index (χ4n) is 7.54. The van der Waals surface area contributed by atoms with Crippen LogP contribution < -0.4 is 20.7 Å². The molecule has 0 bridgehead atoms. The van der Waals surface area contributed by atoms with Gasteiger partial charge in [0, 0.05) is 5.92 Å². The molecule has 0 unspecified atom stereocenters. The third-order valence-electron chi connectivity index (χ3n) is 9.85. The van der Waals surface area contributed by atoms with Crippen LogP contribution >= 0.6 is 0 Å². The Morgan fingerprint density at radius 3 is 1.29 bits per heavy atom. The molecule has 2 nitrogen and oxygen atoms in total. The number of hydrogen-bond acceptors (Lipinski definition) is 2. The molecule has 0 spiro atoms. The van der Waals surface area contributed by atoms with Gasteiger partial charge in [0.2, 0.25) is 0 Å². The first-order valence-electron chi connectivity index (χ1n) is 15.5.